The average Bonchev–Trinajstić information content (AvgIpc) is 3.23. The molecule has 2 aliphatic rings. The van der Waals surface area contributed by atoms with E-state index >= 15 is 0 Å². The van der Waals surface area contributed by atoms with E-state index in [1.54, 1.807) is 11.3 Å². The number of carbonyl (C=O) groups excluding carboxylic acids is 1. The largest absolute Gasteiger partial charge is 0.465 e. The van der Waals surface area contributed by atoms with E-state index in [0.717, 1.165) is 74.8 Å². The number of methoxy groups -OCH3 is 1. The second-order valence-electron chi connectivity index (χ2n) is 8.55. The Morgan fingerprint density at radius 3 is 2.66 bits per heavy atom. The number of rotatable bonds is 5. The van der Waals surface area contributed by atoms with E-state index in [1.165, 1.54) is 30.4 Å². The van der Waals surface area contributed by atoms with Gasteiger partial charge in [0.1, 0.15) is 5.00 Å². The molecule has 0 amide bonds. The lowest BCUT2D eigenvalue weighted by Crippen LogP contribution is -2.49. The van der Waals surface area contributed by atoms with Gasteiger partial charge < -0.3 is 15.0 Å². The standard InChI is InChI=1S/C23H33N5O2S2/c1-4-28-15-17(16(2)25-28)14-26-10-12-27(13-11-26)23(31)24-21-20(22(29)30-3)18-8-6-5-7-9-19(18)32-21/h15H,4-14H2,1-3H3,(H,24,31). The average molecular weight is 476 g/mol. The molecular formula is C23H33N5O2S2. The van der Waals surface area contributed by atoms with Gasteiger partial charge in [-0.1, -0.05) is 6.42 Å². The molecule has 7 nitrogen and oxygen atoms in total. The summed E-state index contributed by atoms with van der Waals surface area (Å²) < 4.78 is 7.12. The summed E-state index contributed by atoms with van der Waals surface area (Å²) in [6, 6.07) is 0. The van der Waals surface area contributed by atoms with E-state index in [2.05, 4.69) is 40.3 Å². The molecule has 1 N–H and O–H groups in total. The molecule has 0 unspecified atom stereocenters. The Bertz CT molecular complexity index is 975. The van der Waals surface area contributed by atoms with Gasteiger partial charge in [-0.05, 0) is 57.3 Å². The van der Waals surface area contributed by atoms with E-state index in [-0.39, 0.29) is 5.97 Å². The topological polar surface area (TPSA) is 62.6 Å². The Balaban J connectivity index is 1.39. The predicted molar refractivity (Wildman–Crippen MR) is 133 cm³/mol. The summed E-state index contributed by atoms with van der Waals surface area (Å²) in [6.45, 7) is 9.64. The fourth-order valence-corrected chi connectivity index (χ4v) is 6.18. The van der Waals surface area contributed by atoms with Crippen molar-refractivity contribution in [1.82, 2.24) is 19.6 Å². The van der Waals surface area contributed by atoms with E-state index in [1.807, 2.05) is 4.68 Å². The number of aromatic nitrogens is 2. The molecule has 1 aliphatic heterocycles. The first-order valence-corrected chi connectivity index (χ1v) is 12.8. The van der Waals surface area contributed by atoms with Crippen molar-refractivity contribution >= 4 is 39.6 Å². The third-order valence-corrected chi connectivity index (χ3v) is 8.02. The summed E-state index contributed by atoms with van der Waals surface area (Å²) >= 11 is 7.43. The summed E-state index contributed by atoms with van der Waals surface area (Å²) in [5.41, 5.74) is 4.26. The van der Waals surface area contributed by atoms with Crippen LogP contribution in [0.5, 0.6) is 0 Å². The molecule has 2 aromatic rings. The van der Waals surface area contributed by atoms with Crippen molar-refractivity contribution in [3.05, 3.63) is 33.5 Å². The molecule has 3 heterocycles. The molecular weight excluding hydrogens is 442 g/mol. The summed E-state index contributed by atoms with van der Waals surface area (Å²) in [5.74, 6) is -0.262. The molecule has 0 atom stereocenters. The number of thiophene rings is 1. The van der Waals surface area contributed by atoms with Crippen LogP contribution in [-0.2, 0) is 30.7 Å². The molecule has 0 saturated carbocycles. The van der Waals surface area contributed by atoms with Crippen LogP contribution in [0.2, 0.25) is 0 Å². The Kier molecular flexibility index (Phi) is 7.48. The van der Waals surface area contributed by atoms with Crippen molar-refractivity contribution in [2.75, 3.05) is 38.6 Å². The lowest BCUT2D eigenvalue weighted by Gasteiger charge is -2.36. The van der Waals surface area contributed by atoms with Crippen LogP contribution < -0.4 is 5.32 Å². The van der Waals surface area contributed by atoms with Crippen LogP contribution >= 0.6 is 23.6 Å². The molecule has 9 heteroatoms. The number of aryl methyl sites for hydroxylation is 3. The minimum absolute atomic E-state index is 0.262. The normalized spacial score (nSPS) is 17.0. The van der Waals surface area contributed by atoms with E-state index in [9.17, 15) is 4.79 Å². The molecule has 4 rings (SSSR count). The SMILES string of the molecule is CCn1cc(CN2CCN(C(=S)Nc3sc4c(c3C(=O)OC)CCCCC4)CC2)c(C)n1. The summed E-state index contributed by atoms with van der Waals surface area (Å²) in [5, 5.41) is 9.50. The van der Waals surface area contributed by atoms with Crippen molar-refractivity contribution in [3.63, 3.8) is 0 Å². The highest BCUT2D eigenvalue weighted by atomic mass is 32.1. The highest BCUT2D eigenvalue weighted by Crippen LogP contribution is 2.38. The fraction of sp³-hybridized carbons (Fsp3) is 0.609. The molecule has 32 heavy (non-hydrogen) atoms. The molecule has 0 radical (unpaired) electrons. The number of piperazine rings is 1. The van der Waals surface area contributed by atoms with Gasteiger partial charge >= 0.3 is 5.97 Å². The third kappa shape index (κ3) is 5.00. The Morgan fingerprint density at radius 1 is 1.22 bits per heavy atom. The molecule has 174 valence electrons. The van der Waals surface area contributed by atoms with Crippen LogP contribution in [0.3, 0.4) is 0 Å². The van der Waals surface area contributed by atoms with Gasteiger partial charge in [0.05, 0.1) is 18.4 Å². The molecule has 2 aromatic heterocycles. The maximum absolute atomic E-state index is 12.6. The van der Waals surface area contributed by atoms with Crippen molar-refractivity contribution in [2.45, 2.75) is 59.0 Å². The van der Waals surface area contributed by atoms with Crippen molar-refractivity contribution in [2.24, 2.45) is 0 Å². The van der Waals surface area contributed by atoms with Gasteiger partial charge in [-0.15, -0.1) is 11.3 Å². The van der Waals surface area contributed by atoms with Gasteiger partial charge in [0.2, 0.25) is 0 Å². The number of fused-ring (bicyclic) bond motifs is 1. The van der Waals surface area contributed by atoms with Gasteiger partial charge in [0, 0.05) is 55.9 Å². The molecule has 0 bridgehead atoms. The van der Waals surface area contributed by atoms with Gasteiger partial charge in [0.25, 0.3) is 0 Å². The van der Waals surface area contributed by atoms with Gasteiger partial charge in [-0.3, -0.25) is 9.58 Å². The first-order valence-electron chi connectivity index (χ1n) is 11.5. The number of hydrogen-bond acceptors (Lipinski definition) is 6. The number of carbonyl (C=O) groups is 1. The first kappa shape index (κ1) is 23.2. The molecule has 1 aliphatic carbocycles. The van der Waals surface area contributed by atoms with Crippen LogP contribution in [0.15, 0.2) is 6.20 Å². The van der Waals surface area contributed by atoms with Gasteiger partial charge in [0.15, 0.2) is 5.11 Å². The monoisotopic (exact) mass is 475 g/mol. The summed E-state index contributed by atoms with van der Waals surface area (Å²) in [7, 11) is 1.45. The number of esters is 1. The van der Waals surface area contributed by atoms with Gasteiger partial charge in [-0.2, -0.15) is 5.10 Å². The van der Waals surface area contributed by atoms with Crippen LogP contribution in [0, 0.1) is 6.92 Å². The smallest absolute Gasteiger partial charge is 0.341 e. The van der Waals surface area contributed by atoms with Crippen LogP contribution in [0.1, 0.15) is 58.2 Å². The second kappa shape index (κ2) is 10.3. The number of thiocarbonyl (C=S) groups is 1. The van der Waals surface area contributed by atoms with Crippen molar-refractivity contribution in [3.8, 4) is 0 Å². The molecule has 0 aromatic carbocycles. The summed E-state index contributed by atoms with van der Waals surface area (Å²) in [4.78, 5) is 18.5. The van der Waals surface area contributed by atoms with Crippen molar-refractivity contribution < 1.29 is 9.53 Å². The number of nitrogens with one attached hydrogen (secondary N) is 1. The van der Waals surface area contributed by atoms with E-state index < -0.39 is 0 Å². The minimum atomic E-state index is -0.262. The molecule has 0 spiro atoms. The number of anilines is 1. The lowest BCUT2D eigenvalue weighted by atomic mass is 10.1. The molecule has 1 fully saturated rings. The highest BCUT2D eigenvalue weighted by molar-refractivity contribution is 7.80. The Labute approximate surface area is 199 Å². The van der Waals surface area contributed by atoms with Gasteiger partial charge in [-0.25, -0.2) is 4.79 Å². The minimum Gasteiger partial charge on any atom is -0.465 e. The summed E-state index contributed by atoms with van der Waals surface area (Å²) in [6.07, 6.45) is 7.64. The zero-order valence-corrected chi connectivity index (χ0v) is 20.9. The third-order valence-electron chi connectivity index (χ3n) is 6.46. The zero-order valence-electron chi connectivity index (χ0n) is 19.3. The molecule has 1 saturated heterocycles. The number of ether oxygens (including phenoxy) is 1. The van der Waals surface area contributed by atoms with E-state index in [4.69, 9.17) is 17.0 Å². The lowest BCUT2D eigenvalue weighted by molar-refractivity contribution is 0.0601. The van der Waals surface area contributed by atoms with E-state index in [0.29, 0.717) is 10.7 Å². The zero-order chi connectivity index (χ0) is 22.7. The predicted octanol–water partition coefficient (Wildman–Crippen LogP) is 3.84. The second-order valence-corrected chi connectivity index (χ2v) is 10.0. The first-order chi connectivity index (χ1) is 15.5. The van der Waals surface area contributed by atoms with Crippen molar-refractivity contribution in [1.29, 1.82) is 0 Å². The Morgan fingerprint density at radius 2 is 1.97 bits per heavy atom. The quantitative estimate of drug-likeness (QED) is 0.400. The highest BCUT2D eigenvalue weighted by Gasteiger charge is 2.27. The Hall–Kier alpha value is -1.97. The number of nitrogens with zero attached hydrogens (tertiary/aromatic N) is 4. The maximum atomic E-state index is 12.6. The fourth-order valence-electron chi connectivity index (χ4n) is 4.55. The van der Waals surface area contributed by atoms with Crippen LogP contribution in [-0.4, -0.2) is 64.0 Å². The van der Waals surface area contributed by atoms with Crippen LogP contribution in [0.4, 0.5) is 5.00 Å². The maximum Gasteiger partial charge on any atom is 0.341 e. The van der Waals surface area contributed by atoms with Crippen LogP contribution in [0.25, 0.3) is 0 Å². The number of hydrogen-bond donors (Lipinski definition) is 1.